The number of benzene rings is 1. The van der Waals surface area contributed by atoms with Gasteiger partial charge in [-0.1, -0.05) is 39.0 Å². The van der Waals surface area contributed by atoms with E-state index in [1.807, 2.05) is 19.1 Å². The van der Waals surface area contributed by atoms with Crippen LogP contribution in [0, 0.1) is 6.92 Å². The van der Waals surface area contributed by atoms with Crippen LogP contribution in [0.3, 0.4) is 0 Å². The van der Waals surface area contributed by atoms with Gasteiger partial charge in [0.05, 0.1) is 18.7 Å². The van der Waals surface area contributed by atoms with Crippen molar-refractivity contribution in [2.75, 3.05) is 13.2 Å². The molecule has 0 saturated heterocycles. The number of aromatic nitrogens is 1. The minimum Gasteiger partial charge on any atom is -0.550 e. The zero-order chi connectivity index (χ0) is 20.0. The van der Waals surface area contributed by atoms with Gasteiger partial charge in [-0.05, 0) is 23.5 Å². The number of aryl methyl sites for hydroxylation is 1. The quantitative estimate of drug-likeness (QED) is 0.695. The normalized spacial score (nSPS) is 11.3. The van der Waals surface area contributed by atoms with Gasteiger partial charge >= 0.3 is 0 Å². The molecule has 2 rings (SSSR count). The third-order valence-electron chi connectivity index (χ3n) is 3.93. The Bertz CT molecular complexity index is 809. The number of carbonyl (C=O) groups is 2. The SMILES string of the molecule is Cc1cccc(C(C)(C)C)c1OCCNC(=O)Cc1nc(CC(=O)[O-])cs1. The first kappa shape index (κ1) is 20.9. The van der Waals surface area contributed by atoms with E-state index >= 15 is 0 Å². The van der Waals surface area contributed by atoms with E-state index in [-0.39, 0.29) is 24.2 Å². The van der Waals surface area contributed by atoms with Crippen molar-refractivity contribution < 1.29 is 19.4 Å². The lowest BCUT2D eigenvalue weighted by atomic mass is 9.85. The number of ether oxygens (including phenoxy) is 1. The second kappa shape index (κ2) is 8.99. The number of thiazole rings is 1. The number of nitrogens with zero attached hydrogens (tertiary/aromatic N) is 1. The summed E-state index contributed by atoms with van der Waals surface area (Å²) in [7, 11) is 0. The number of carboxylic acids is 1. The average Bonchev–Trinajstić information content (AvgIpc) is 2.97. The first-order valence-corrected chi connectivity index (χ1v) is 9.67. The van der Waals surface area contributed by atoms with Crippen LogP contribution in [0.2, 0.25) is 0 Å². The summed E-state index contributed by atoms with van der Waals surface area (Å²) in [5.41, 5.74) is 2.59. The van der Waals surface area contributed by atoms with E-state index in [0.29, 0.717) is 23.9 Å². The lowest BCUT2D eigenvalue weighted by Crippen LogP contribution is -2.29. The van der Waals surface area contributed by atoms with Gasteiger partial charge in [-0.15, -0.1) is 11.3 Å². The summed E-state index contributed by atoms with van der Waals surface area (Å²) in [5.74, 6) is -0.487. The highest BCUT2D eigenvalue weighted by Gasteiger charge is 2.20. The molecule has 6 nitrogen and oxygen atoms in total. The zero-order valence-electron chi connectivity index (χ0n) is 16.1. The molecule has 146 valence electrons. The fourth-order valence-electron chi connectivity index (χ4n) is 2.64. The van der Waals surface area contributed by atoms with Crippen molar-refractivity contribution in [1.29, 1.82) is 0 Å². The van der Waals surface area contributed by atoms with Crippen LogP contribution < -0.4 is 15.2 Å². The Balaban J connectivity index is 1.83. The molecule has 0 unspecified atom stereocenters. The van der Waals surface area contributed by atoms with Crippen molar-refractivity contribution in [3.05, 3.63) is 45.4 Å². The van der Waals surface area contributed by atoms with Crippen molar-refractivity contribution in [2.45, 2.75) is 46.0 Å². The van der Waals surface area contributed by atoms with Gasteiger partial charge in [0.15, 0.2) is 0 Å². The number of carbonyl (C=O) groups excluding carboxylic acids is 2. The van der Waals surface area contributed by atoms with E-state index in [9.17, 15) is 14.7 Å². The summed E-state index contributed by atoms with van der Waals surface area (Å²) in [5, 5.41) is 15.6. The van der Waals surface area contributed by atoms with Gasteiger partial charge in [0.25, 0.3) is 0 Å². The van der Waals surface area contributed by atoms with Gasteiger partial charge < -0.3 is 20.0 Å². The summed E-state index contributed by atoms with van der Waals surface area (Å²) in [4.78, 5) is 26.7. The smallest absolute Gasteiger partial charge is 0.226 e. The van der Waals surface area contributed by atoms with Crippen LogP contribution in [-0.2, 0) is 27.8 Å². The number of nitrogens with one attached hydrogen (secondary N) is 1. The maximum Gasteiger partial charge on any atom is 0.226 e. The summed E-state index contributed by atoms with van der Waals surface area (Å²) in [6, 6.07) is 6.09. The lowest BCUT2D eigenvalue weighted by Gasteiger charge is -2.24. The third-order valence-corrected chi connectivity index (χ3v) is 4.82. The standard InChI is InChI=1S/C20H26N2O4S/c1-13-6-5-7-15(20(2,3)4)19(13)26-9-8-21-16(23)11-17-22-14(12-27-17)10-18(24)25/h5-7,12H,8-11H2,1-4H3,(H,21,23)(H,24,25)/p-1. The van der Waals surface area contributed by atoms with E-state index in [0.717, 1.165) is 16.9 Å². The molecule has 1 heterocycles. The highest BCUT2D eigenvalue weighted by Crippen LogP contribution is 2.33. The second-order valence-electron chi connectivity index (χ2n) is 7.36. The fraction of sp³-hybridized carbons (Fsp3) is 0.450. The number of rotatable bonds is 8. The molecule has 0 spiro atoms. The summed E-state index contributed by atoms with van der Waals surface area (Å²) < 4.78 is 5.94. The fourth-order valence-corrected chi connectivity index (χ4v) is 3.43. The van der Waals surface area contributed by atoms with Gasteiger partial charge in [0, 0.05) is 17.8 Å². The minimum absolute atomic E-state index is 0.0291. The number of carboxylic acid groups (broad SMARTS) is 1. The molecule has 0 fully saturated rings. The number of aliphatic carboxylic acids is 1. The predicted molar refractivity (Wildman–Crippen MR) is 103 cm³/mol. The molecular formula is C20H25N2O4S-. The molecule has 0 aliphatic carbocycles. The lowest BCUT2D eigenvalue weighted by molar-refractivity contribution is -0.304. The van der Waals surface area contributed by atoms with Gasteiger partial charge in [0.2, 0.25) is 5.91 Å². The Morgan fingerprint density at radius 3 is 2.67 bits per heavy atom. The van der Waals surface area contributed by atoms with Gasteiger partial charge in [0.1, 0.15) is 17.4 Å². The first-order valence-electron chi connectivity index (χ1n) is 8.79. The Labute approximate surface area is 163 Å². The molecule has 1 aromatic carbocycles. The molecule has 27 heavy (non-hydrogen) atoms. The van der Waals surface area contributed by atoms with Crippen LogP contribution >= 0.6 is 11.3 Å². The molecule has 1 N–H and O–H groups in total. The molecule has 0 aliphatic rings. The first-order chi connectivity index (χ1) is 12.7. The average molecular weight is 389 g/mol. The maximum atomic E-state index is 12.0. The van der Waals surface area contributed by atoms with Gasteiger partial charge in [-0.2, -0.15) is 0 Å². The van der Waals surface area contributed by atoms with E-state index in [4.69, 9.17) is 4.74 Å². The number of amides is 1. The van der Waals surface area contributed by atoms with Crippen LogP contribution in [0.25, 0.3) is 0 Å². The minimum atomic E-state index is -1.18. The predicted octanol–water partition coefficient (Wildman–Crippen LogP) is 1.78. The zero-order valence-corrected chi connectivity index (χ0v) is 16.9. The molecule has 1 aromatic heterocycles. The summed E-state index contributed by atoms with van der Waals surface area (Å²) in [6.07, 6.45) is -0.117. The van der Waals surface area contributed by atoms with Crippen molar-refractivity contribution in [1.82, 2.24) is 10.3 Å². The number of hydrogen-bond acceptors (Lipinski definition) is 6. The monoisotopic (exact) mass is 389 g/mol. The highest BCUT2D eigenvalue weighted by molar-refractivity contribution is 7.09. The topological polar surface area (TPSA) is 91.3 Å². The number of hydrogen-bond donors (Lipinski definition) is 1. The summed E-state index contributed by atoms with van der Waals surface area (Å²) in [6.45, 7) is 9.18. The van der Waals surface area contributed by atoms with E-state index in [1.165, 1.54) is 11.3 Å². The van der Waals surface area contributed by atoms with E-state index in [1.54, 1.807) is 5.38 Å². The molecule has 0 saturated carbocycles. The molecular weight excluding hydrogens is 364 g/mol. The molecule has 7 heteroatoms. The third kappa shape index (κ3) is 6.36. The second-order valence-corrected chi connectivity index (χ2v) is 8.30. The molecule has 1 amide bonds. The Kier molecular flexibility index (Phi) is 6.96. The van der Waals surface area contributed by atoms with Crippen LogP contribution in [0.1, 0.15) is 42.6 Å². The van der Waals surface area contributed by atoms with Crippen LogP contribution in [0.4, 0.5) is 0 Å². The maximum absolute atomic E-state index is 12.0. The molecule has 0 radical (unpaired) electrons. The van der Waals surface area contributed by atoms with Crippen LogP contribution in [-0.4, -0.2) is 30.0 Å². The van der Waals surface area contributed by atoms with Crippen molar-refractivity contribution in [3.63, 3.8) is 0 Å². The van der Waals surface area contributed by atoms with Crippen molar-refractivity contribution in [2.24, 2.45) is 0 Å². The van der Waals surface area contributed by atoms with Crippen LogP contribution in [0.5, 0.6) is 5.75 Å². The van der Waals surface area contributed by atoms with E-state index < -0.39 is 5.97 Å². The molecule has 0 atom stereocenters. The van der Waals surface area contributed by atoms with E-state index in [2.05, 4.69) is 37.1 Å². The van der Waals surface area contributed by atoms with Gasteiger partial charge in [-0.3, -0.25) is 4.79 Å². The van der Waals surface area contributed by atoms with Crippen molar-refractivity contribution >= 4 is 23.2 Å². The largest absolute Gasteiger partial charge is 0.550 e. The van der Waals surface area contributed by atoms with Gasteiger partial charge in [-0.25, -0.2) is 4.98 Å². The Hall–Kier alpha value is -2.41. The van der Waals surface area contributed by atoms with Crippen LogP contribution in [0.15, 0.2) is 23.6 Å². The molecule has 2 aromatic rings. The highest BCUT2D eigenvalue weighted by atomic mass is 32.1. The molecule has 0 aliphatic heterocycles. The Morgan fingerprint density at radius 1 is 1.26 bits per heavy atom. The molecule has 0 bridgehead atoms. The van der Waals surface area contributed by atoms with Crippen molar-refractivity contribution in [3.8, 4) is 5.75 Å². The number of para-hydroxylation sites is 1. The summed E-state index contributed by atoms with van der Waals surface area (Å²) >= 11 is 1.27. The Morgan fingerprint density at radius 2 is 2.00 bits per heavy atom.